The van der Waals surface area contributed by atoms with Crippen molar-refractivity contribution in [3.05, 3.63) is 10.8 Å². The largest absolute Gasteiger partial charge is 0.369 e. The zero-order chi connectivity index (χ0) is 12.1. The molecule has 1 heterocycles. The Morgan fingerprint density at radius 1 is 1.29 bits per heavy atom. The highest BCUT2D eigenvalue weighted by Gasteiger charge is 2.17. The molecule has 1 aliphatic carbocycles. The average molecular weight is 299 g/mol. The fourth-order valence-electron chi connectivity index (χ4n) is 2.10. The van der Waals surface area contributed by atoms with Gasteiger partial charge in [-0.3, -0.25) is 0 Å². The highest BCUT2D eigenvalue weighted by Crippen LogP contribution is 2.29. The van der Waals surface area contributed by atoms with E-state index < -0.39 is 0 Å². The molecule has 0 unspecified atom stereocenters. The van der Waals surface area contributed by atoms with Gasteiger partial charge in [0.1, 0.15) is 22.4 Å². The maximum atomic E-state index is 4.30. The van der Waals surface area contributed by atoms with Crippen LogP contribution in [0.2, 0.25) is 0 Å². The number of nitrogens with zero attached hydrogens (tertiary/aromatic N) is 2. The van der Waals surface area contributed by atoms with Crippen molar-refractivity contribution >= 4 is 27.6 Å². The Bertz CT molecular complexity index is 364. The van der Waals surface area contributed by atoms with Gasteiger partial charge >= 0.3 is 0 Å². The molecule has 0 atom stereocenters. The van der Waals surface area contributed by atoms with Gasteiger partial charge in [-0.1, -0.05) is 19.8 Å². The number of halogens is 1. The van der Waals surface area contributed by atoms with Crippen LogP contribution >= 0.6 is 15.9 Å². The molecule has 94 valence electrons. The molecule has 1 fully saturated rings. The van der Waals surface area contributed by atoms with E-state index in [1.165, 1.54) is 25.7 Å². The van der Waals surface area contributed by atoms with E-state index in [-0.39, 0.29) is 0 Å². The number of hydrogen-bond acceptors (Lipinski definition) is 4. The lowest BCUT2D eigenvalue weighted by Crippen LogP contribution is -2.16. The summed E-state index contributed by atoms with van der Waals surface area (Å²) >= 11 is 3.57. The predicted molar refractivity (Wildman–Crippen MR) is 74.4 cm³/mol. The molecule has 1 saturated carbocycles. The summed E-state index contributed by atoms with van der Waals surface area (Å²) in [5.41, 5.74) is 0. The maximum Gasteiger partial charge on any atom is 0.146 e. The Morgan fingerprint density at radius 2 is 2.00 bits per heavy atom. The lowest BCUT2D eigenvalue weighted by molar-refractivity contribution is 0.749. The average Bonchev–Trinajstić information content (AvgIpc) is 2.83. The zero-order valence-electron chi connectivity index (χ0n) is 10.2. The standard InChI is InChI=1S/C12H19BrN4/c1-2-7-14-11-10(13)12(16-8-15-11)17-9-5-3-4-6-9/h8-9H,2-7H2,1H3,(H2,14,15,16,17). The van der Waals surface area contributed by atoms with Crippen molar-refractivity contribution in [2.45, 2.75) is 45.1 Å². The third-order valence-corrected chi connectivity index (χ3v) is 3.78. The summed E-state index contributed by atoms with van der Waals surface area (Å²) in [6, 6.07) is 0.570. The van der Waals surface area contributed by atoms with Crippen molar-refractivity contribution < 1.29 is 0 Å². The van der Waals surface area contributed by atoms with E-state index in [0.29, 0.717) is 6.04 Å². The fraction of sp³-hybridized carbons (Fsp3) is 0.667. The SMILES string of the molecule is CCCNc1ncnc(NC2CCCC2)c1Br. The van der Waals surface area contributed by atoms with Gasteiger partial charge < -0.3 is 10.6 Å². The van der Waals surface area contributed by atoms with Crippen LogP contribution in [0.3, 0.4) is 0 Å². The van der Waals surface area contributed by atoms with E-state index >= 15 is 0 Å². The van der Waals surface area contributed by atoms with Gasteiger partial charge in [0, 0.05) is 12.6 Å². The first kappa shape index (κ1) is 12.6. The van der Waals surface area contributed by atoms with Crippen LogP contribution in [0.25, 0.3) is 0 Å². The Kier molecular flexibility index (Phi) is 4.59. The van der Waals surface area contributed by atoms with Crippen molar-refractivity contribution in [3.63, 3.8) is 0 Å². The first-order valence-corrected chi connectivity index (χ1v) is 7.11. The van der Waals surface area contributed by atoms with E-state index in [9.17, 15) is 0 Å². The molecule has 0 spiro atoms. The van der Waals surface area contributed by atoms with Crippen molar-refractivity contribution in [2.75, 3.05) is 17.2 Å². The van der Waals surface area contributed by atoms with E-state index in [2.05, 4.69) is 43.5 Å². The topological polar surface area (TPSA) is 49.8 Å². The minimum atomic E-state index is 0.570. The minimum absolute atomic E-state index is 0.570. The summed E-state index contributed by atoms with van der Waals surface area (Å²) in [5, 5.41) is 6.78. The maximum absolute atomic E-state index is 4.30. The summed E-state index contributed by atoms with van der Waals surface area (Å²) in [6.45, 7) is 3.07. The number of rotatable bonds is 5. The molecule has 1 aliphatic rings. The molecule has 4 nitrogen and oxygen atoms in total. The molecule has 1 aromatic heterocycles. The van der Waals surface area contributed by atoms with Crippen molar-refractivity contribution in [1.29, 1.82) is 0 Å². The van der Waals surface area contributed by atoms with E-state index in [0.717, 1.165) is 29.1 Å². The molecule has 17 heavy (non-hydrogen) atoms. The first-order valence-electron chi connectivity index (χ1n) is 6.32. The van der Waals surface area contributed by atoms with Crippen LogP contribution in [0, 0.1) is 0 Å². The van der Waals surface area contributed by atoms with Crippen LogP contribution in [0.15, 0.2) is 10.8 Å². The van der Waals surface area contributed by atoms with Gasteiger partial charge in [-0.2, -0.15) is 0 Å². The quantitative estimate of drug-likeness (QED) is 0.874. The van der Waals surface area contributed by atoms with Crippen molar-refractivity contribution in [3.8, 4) is 0 Å². The molecule has 0 bridgehead atoms. The first-order chi connectivity index (χ1) is 8.31. The summed E-state index contributed by atoms with van der Waals surface area (Å²) in [7, 11) is 0. The van der Waals surface area contributed by atoms with E-state index in [1.54, 1.807) is 6.33 Å². The molecule has 5 heteroatoms. The van der Waals surface area contributed by atoms with Crippen LogP contribution in [-0.2, 0) is 0 Å². The molecule has 0 saturated heterocycles. The van der Waals surface area contributed by atoms with Gasteiger partial charge in [-0.15, -0.1) is 0 Å². The molecular formula is C12H19BrN4. The van der Waals surface area contributed by atoms with Gasteiger partial charge in [0.25, 0.3) is 0 Å². The van der Waals surface area contributed by atoms with E-state index in [4.69, 9.17) is 0 Å². The second-order valence-electron chi connectivity index (χ2n) is 4.44. The Labute approximate surface area is 111 Å². The number of hydrogen-bond donors (Lipinski definition) is 2. The van der Waals surface area contributed by atoms with Gasteiger partial charge in [-0.25, -0.2) is 9.97 Å². The monoisotopic (exact) mass is 298 g/mol. The van der Waals surface area contributed by atoms with Crippen molar-refractivity contribution in [1.82, 2.24) is 9.97 Å². The predicted octanol–water partition coefficient (Wildman–Crippen LogP) is 3.42. The summed E-state index contributed by atoms with van der Waals surface area (Å²) in [6.07, 6.45) is 7.83. The number of nitrogens with one attached hydrogen (secondary N) is 2. The van der Waals surface area contributed by atoms with Crippen LogP contribution in [-0.4, -0.2) is 22.6 Å². The number of anilines is 2. The molecule has 1 aromatic rings. The Balaban J connectivity index is 2.05. The molecule has 0 aliphatic heterocycles. The molecule has 2 N–H and O–H groups in total. The summed E-state index contributed by atoms with van der Waals surface area (Å²) in [4.78, 5) is 8.54. The normalized spacial score (nSPS) is 16.1. The number of aromatic nitrogens is 2. The lowest BCUT2D eigenvalue weighted by atomic mass is 10.2. The smallest absolute Gasteiger partial charge is 0.146 e. The van der Waals surface area contributed by atoms with Crippen LogP contribution in [0.1, 0.15) is 39.0 Å². The van der Waals surface area contributed by atoms with Crippen LogP contribution in [0.5, 0.6) is 0 Å². The van der Waals surface area contributed by atoms with Crippen LogP contribution < -0.4 is 10.6 Å². The molecule has 0 amide bonds. The molecule has 0 radical (unpaired) electrons. The summed E-state index contributed by atoms with van der Waals surface area (Å²) < 4.78 is 0.945. The van der Waals surface area contributed by atoms with Gasteiger partial charge in [0.05, 0.1) is 0 Å². The zero-order valence-corrected chi connectivity index (χ0v) is 11.8. The fourth-order valence-corrected chi connectivity index (χ4v) is 2.56. The minimum Gasteiger partial charge on any atom is -0.369 e. The second-order valence-corrected chi connectivity index (χ2v) is 5.23. The highest BCUT2D eigenvalue weighted by atomic mass is 79.9. The Hall–Kier alpha value is -0.840. The Morgan fingerprint density at radius 3 is 2.71 bits per heavy atom. The van der Waals surface area contributed by atoms with Gasteiger partial charge in [0.2, 0.25) is 0 Å². The summed E-state index contributed by atoms with van der Waals surface area (Å²) in [5.74, 6) is 1.79. The van der Waals surface area contributed by atoms with Gasteiger partial charge in [-0.05, 0) is 35.2 Å². The van der Waals surface area contributed by atoms with Crippen molar-refractivity contribution in [2.24, 2.45) is 0 Å². The molecule has 2 rings (SSSR count). The molecular weight excluding hydrogens is 280 g/mol. The highest BCUT2D eigenvalue weighted by molar-refractivity contribution is 9.10. The van der Waals surface area contributed by atoms with Gasteiger partial charge in [0.15, 0.2) is 0 Å². The molecule has 0 aromatic carbocycles. The van der Waals surface area contributed by atoms with E-state index in [1.807, 2.05) is 0 Å². The third-order valence-electron chi connectivity index (χ3n) is 3.03. The lowest BCUT2D eigenvalue weighted by Gasteiger charge is -2.15. The third kappa shape index (κ3) is 3.31. The second kappa shape index (κ2) is 6.19. The van der Waals surface area contributed by atoms with Crippen LogP contribution in [0.4, 0.5) is 11.6 Å².